The zero-order valence-electron chi connectivity index (χ0n) is 17.8. The molecule has 0 aromatic heterocycles. The van der Waals surface area contributed by atoms with Crippen LogP contribution in [-0.2, 0) is 16.6 Å². The second kappa shape index (κ2) is 9.26. The maximum absolute atomic E-state index is 14.2. The summed E-state index contributed by atoms with van der Waals surface area (Å²) in [6.45, 7) is 1.55. The summed E-state index contributed by atoms with van der Waals surface area (Å²) in [5, 5.41) is 0. The van der Waals surface area contributed by atoms with Crippen LogP contribution in [-0.4, -0.2) is 29.7 Å². The van der Waals surface area contributed by atoms with Crippen LogP contribution in [0.3, 0.4) is 0 Å². The topological polar surface area (TPSA) is 65.1 Å². The summed E-state index contributed by atoms with van der Waals surface area (Å²) in [5.41, 5.74) is 1.35. The fraction of sp³-hybridized carbons (Fsp3) is 0.217. The fourth-order valence-electron chi connectivity index (χ4n) is 3.14. The molecule has 0 spiro atoms. The van der Waals surface area contributed by atoms with Crippen molar-refractivity contribution in [3.05, 3.63) is 77.6 Å². The number of ether oxygens (including phenoxy) is 3. The number of hydrogen-bond acceptors (Lipinski definition) is 5. The molecule has 0 aliphatic heterocycles. The highest BCUT2D eigenvalue weighted by molar-refractivity contribution is 7.92. The third-order valence-electron chi connectivity index (χ3n) is 4.89. The lowest BCUT2D eigenvalue weighted by atomic mass is 10.2. The molecule has 164 valence electrons. The highest BCUT2D eigenvalue weighted by atomic mass is 32.2. The molecule has 0 aliphatic carbocycles. The first-order valence-corrected chi connectivity index (χ1v) is 10.9. The number of methoxy groups -OCH3 is 3. The predicted octanol–water partition coefficient (Wildman–Crippen LogP) is 4.56. The molecular weight excluding hydrogens is 421 g/mol. The van der Waals surface area contributed by atoms with Crippen molar-refractivity contribution in [2.24, 2.45) is 0 Å². The van der Waals surface area contributed by atoms with Crippen LogP contribution in [0.15, 0.2) is 65.6 Å². The molecule has 0 saturated carbocycles. The Labute approximate surface area is 181 Å². The molecule has 0 bridgehead atoms. The van der Waals surface area contributed by atoms with Crippen molar-refractivity contribution in [2.75, 3.05) is 25.6 Å². The highest BCUT2D eigenvalue weighted by Gasteiger charge is 2.28. The van der Waals surface area contributed by atoms with Crippen LogP contribution in [0.2, 0.25) is 0 Å². The minimum Gasteiger partial charge on any atom is -0.496 e. The molecule has 0 saturated heterocycles. The predicted molar refractivity (Wildman–Crippen MR) is 117 cm³/mol. The van der Waals surface area contributed by atoms with Gasteiger partial charge in [-0.1, -0.05) is 24.3 Å². The number of anilines is 1. The zero-order chi connectivity index (χ0) is 22.6. The Hall–Kier alpha value is -3.26. The first-order valence-electron chi connectivity index (χ1n) is 9.44. The van der Waals surface area contributed by atoms with Gasteiger partial charge in [0.05, 0.1) is 38.5 Å². The van der Waals surface area contributed by atoms with E-state index in [1.54, 1.807) is 49.4 Å². The number of aryl methyl sites for hydroxylation is 1. The summed E-state index contributed by atoms with van der Waals surface area (Å²) in [5.74, 6) is 0.779. The molecule has 31 heavy (non-hydrogen) atoms. The molecule has 0 fully saturated rings. The zero-order valence-corrected chi connectivity index (χ0v) is 18.6. The molecule has 3 rings (SSSR count). The van der Waals surface area contributed by atoms with Gasteiger partial charge in [0.25, 0.3) is 10.0 Å². The van der Waals surface area contributed by atoms with Gasteiger partial charge in [-0.15, -0.1) is 0 Å². The van der Waals surface area contributed by atoms with E-state index >= 15 is 0 Å². The Morgan fingerprint density at radius 3 is 2.16 bits per heavy atom. The lowest BCUT2D eigenvalue weighted by Crippen LogP contribution is -2.31. The SMILES string of the molecule is COc1ccccc1CN(c1ccc(OC)c(OC)c1)S(=O)(=O)c1ccc(C)c(F)c1. The van der Waals surface area contributed by atoms with E-state index in [1.165, 1.54) is 37.8 Å². The Balaban J connectivity index is 2.17. The third kappa shape index (κ3) is 4.59. The van der Waals surface area contributed by atoms with E-state index < -0.39 is 15.8 Å². The van der Waals surface area contributed by atoms with Gasteiger partial charge in [-0.05, 0) is 42.8 Å². The van der Waals surface area contributed by atoms with E-state index in [1.807, 2.05) is 0 Å². The molecule has 3 aromatic carbocycles. The van der Waals surface area contributed by atoms with E-state index in [0.29, 0.717) is 34.1 Å². The Morgan fingerprint density at radius 2 is 1.52 bits per heavy atom. The summed E-state index contributed by atoms with van der Waals surface area (Å²) < 4.78 is 58.6. The Kier molecular flexibility index (Phi) is 6.70. The van der Waals surface area contributed by atoms with Crippen LogP contribution in [0.25, 0.3) is 0 Å². The van der Waals surface area contributed by atoms with E-state index in [9.17, 15) is 12.8 Å². The first kappa shape index (κ1) is 22.4. The van der Waals surface area contributed by atoms with Crippen LogP contribution in [0.4, 0.5) is 10.1 Å². The molecule has 0 N–H and O–H groups in total. The summed E-state index contributed by atoms with van der Waals surface area (Å²) in [4.78, 5) is -0.153. The van der Waals surface area contributed by atoms with Crippen molar-refractivity contribution >= 4 is 15.7 Å². The third-order valence-corrected chi connectivity index (χ3v) is 6.66. The standard InChI is InChI=1S/C23H24FNO5S/c1-16-9-11-19(14-20(16)24)31(26,27)25(15-17-7-5-6-8-21(17)28-2)18-10-12-22(29-3)23(13-18)30-4/h5-14H,15H2,1-4H3. The Morgan fingerprint density at radius 1 is 0.839 bits per heavy atom. The van der Waals surface area contributed by atoms with E-state index in [-0.39, 0.29) is 11.4 Å². The number of para-hydroxylation sites is 1. The summed E-state index contributed by atoms with van der Waals surface area (Å²) in [6, 6.07) is 15.8. The second-order valence-corrected chi connectivity index (χ2v) is 8.64. The molecule has 0 unspecified atom stereocenters. The lowest BCUT2D eigenvalue weighted by Gasteiger charge is -2.26. The second-order valence-electron chi connectivity index (χ2n) is 6.77. The van der Waals surface area contributed by atoms with Crippen molar-refractivity contribution < 1.29 is 27.0 Å². The molecule has 0 atom stereocenters. The van der Waals surface area contributed by atoms with Gasteiger partial charge in [0.1, 0.15) is 11.6 Å². The highest BCUT2D eigenvalue weighted by Crippen LogP contribution is 2.35. The monoisotopic (exact) mass is 445 g/mol. The molecule has 0 radical (unpaired) electrons. The van der Waals surface area contributed by atoms with Crippen LogP contribution in [0, 0.1) is 12.7 Å². The number of rotatable bonds is 8. The number of nitrogens with zero attached hydrogens (tertiary/aromatic N) is 1. The van der Waals surface area contributed by atoms with Crippen molar-refractivity contribution in [1.82, 2.24) is 0 Å². The molecule has 0 heterocycles. The summed E-state index contributed by atoms with van der Waals surface area (Å²) in [6.07, 6.45) is 0. The lowest BCUT2D eigenvalue weighted by molar-refractivity contribution is 0.355. The Bertz CT molecular complexity index is 1180. The number of halogens is 1. The van der Waals surface area contributed by atoms with Crippen LogP contribution in [0.1, 0.15) is 11.1 Å². The van der Waals surface area contributed by atoms with Gasteiger partial charge in [0, 0.05) is 11.6 Å². The van der Waals surface area contributed by atoms with E-state index in [0.717, 1.165) is 6.07 Å². The van der Waals surface area contributed by atoms with Crippen molar-refractivity contribution in [2.45, 2.75) is 18.4 Å². The van der Waals surface area contributed by atoms with E-state index in [2.05, 4.69) is 0 Å². The molecule has 0 amide bonds. The maximum atomic E-state index is 14.2. The summed E-state index contributed by atoms with van der Waals surface area (Å²) in [7, 11) is 0.362. The fourth-order valence-corrected chi connectivity index (χ4v) is 4.59. The van der Waals surface area contributed by atoms with Crippen LogP contribution < -0.4 is 18.5 Å². The van der Waals surface area contributed by atoms with Gasteiger partial charge in [-0.25, -0.2) is 12.8 Å². The van der Waals surface area contributed by atoms with Crippen LogP contribution in [0.5, 0.6) is 17.2 Å². The summed E-state index contributed by atoms with van der Waals surface area (Å²) >= 11 is 0. The molecule has 0 aliphatic rings. The number of sulfonamides is 1. The molecular formula is C23H24FNO5S. The maximum Gasteiger partial charge on any atom is 0.264 e. The van der Waals surface area contributed by atoms with Gasteiger partial charge >= 0.3 is 0 Å². The van der Waals surface area contributed by atoms with Gasteiger partial charge in [-0.2, -0.15) is 0 Å². The minimum atomic E-state index is -4.12. The number of hydrogen-bond donors (Lipinski definition) is 0. The quantitative estimate of drug-likeness (QED) is 0.509. The van der Waals surface area contributed by atoms with Gasteiger partial charge in [-0.3, -0.25) is 4.31 Å². The van der Waals surface area contributed by atoms with Crippen LogP contribution >= 0.6 is 0 Å². The molecule has 8 heteroatoms. The normalized spacial score (nSPS) is 11.1. The van der Waals surface area contributed by atoms with E-state index in [4.69, 9.17) is 14.2 Å². The first-order chi connectivity index (χ1) is 14.8. The largest absolute Gasteiger partial charge is 0.496 e. The van der Waals surface area contributed by atoms with Gasteiger partial charge < -0.3 is 14.2 Å². The minimum absolute atomic E-state index is 0.0304. The molecule has 3 aromatic rings. The smallest absolute Gasteiger partial charge is 0.264 e. The van der Waals surface area contributed by atoms with Gasteiger partial charge in [0.15, 0.2) is 11.5 Å². The van der Waals surface area contributed by atoms with Crippen molar-refractivity contribution in [1.29, 1.82) is 0 Å². The average molecular weight is 446 g/mol. The average Bonchev–Trinajstić information content (AvgIpc) is 2.78. The van der Waals surface area contributed by atoms with Crippen molar-refractivity contribution in [3.63, 3.8) is 0 Å². The van der Waals surface area contributed by atoms with Crippen molar-refractivity contribution in [3.8, 4) is 17.2 Å². The molecule has 6 nitrogen and oxygen atoms in total. The number of benzene rings is 3. The van der Waals surface area contributed by atoms with Gasteiger partial charge in [0.2, 0.25) is 0 Å².